The van der Waals surface area contributed by atoms with Gasteiger partial charge in [0, 0.05) is 5.69 Å². The molecule has 0 unspecified atom stereocenters. The van der Waals surface area contributed by atoms with Gasteiger partial charge in [0.2, 0.25) is 0 Å². The van der Waals surface area contributed by atoms with Crippen LogP contribution in [0.15, 0.2) is 42.5 Å². The van der Waals surface area contributed by atoms with Crippen molar-refractivity contribution in [2.45, 2.75) is 20.3 Å². The fourth-order valence-electron chi connectivity index (χ4n) is 2.54. The van der Waals surface area contributed by atoms with Gasteiger partial charge in [-0.2, -0.15) is 0 Å². The average Bonchev–Trinajstić information content (AvgIpc) is 2.82. The van der Waals surface area contributed by atoms with Crippen LogP contribution in [-0.2, 0) is 6.42 Å². The first-order chi connectivity index (χ1) is 10.1. The maximum Gasteiger partial charge on any atom is 0.335 e. The summed E-state index contributed by atoms with van der Waals surface area (Å²) < 4.78 is 1.99. The first kappa shape index (κ1) is 13.4. The van der Waals surface area contributed by atoms with E-state index in [9.17, 15) is 4.79 Å². The van der Waals surface area contributed by atoms with Crippen LogP contribution < -0.4 is 0 Å². The third-order valence-corrected chi connectivity index (χ3v) is 3.67. The van der Waals surface area contributed by atoms with Gasteiger partial charge in [0.05, 0.1) is 16.6 Å². The highest BCUT2D eigenvalue weighted by atomic mass is 16.4. The monoisotopic (exact) mass is 280 g/mol. The number of carboxylic acid groups (broad SMARTS) is 1. The zero-order valence-electron chi connectivity index (χ0n) is 12.0. The van der Waals surface area contributed by atoms with Gasteiger partial charge in [-0.05, 0) is 49.2 Å². The summed E-state index contributed by atoms with van der Waals surface area (Å²) in [4.78, 5) is 15.7. The van der Waals surface area contributed by atoms with Crippen molar-refractivity contribution in [3.05, 3.63) is 59.4 Å². The summed E-state index contributed by atoms with van der Waals surface area (Å²) in [5, 5.41) is 9.15. The number of rotatable bonds is 3. The molecule has 1 aromatic heterocycles. The predicted octanol–water partition coefficient (Wildman–Crippen LogP) is 3.59. The van der Waals surface area contributed by atoms with Gasteiger partial charge in [0.25, 0.3) is 0 Å². The number of hydrogen-bond donors (Lipinski definition) is 1. The number of aromatic carboxylic acids is 1. The average molecular weight is 280 g/mol. The van der Waals surface area contributed by atoms with Gasteiger partial charge in [-0.25, -0.2) is 9.78 Å². The van der Waals surface area contributed by atoms with Crippen molar-refractivity contribution in [2.24, 2.45) is 0 Å². The maximum absolute atomic E-state index is 11.2. The van der Waals surface area contributed by atoms with E-state index in [0.717, 1.165) is 29.0 Å². The van der Waals surface area contributed by atoms with Crippen LogP contribution in [-0.4, -0.2) is 20.6 Å². The van der Waals surface area contributed by atoms with Crippen molar-refractivity contribution < 1.29 is 9.90 Å². The predicted molar refractivity (Wildman–Crippen MR) is 82.1 cm³/mol. The molecule has 0 aliphatic carbocycles. The van der Waals surface area contributed by atoms with Crippen LogP contribution in [0.2, 0.25) is 0 Å². The Morgan fingerprint density at radius 3 is 2.52 bits per heavy atom. The standard InChI is InChI=1S/C17H16N2O2/c1-3-12-4-7-14(8-5-12)19-11(2)18-15-9-6-13(17(20)21)10-16(15)19/h4-10H,3H2,1-2H3,(H,20,21). The SMILES string of the molecule is CCc1ccc(-n2c(C)nc3ccc(C(=O)O)cc32)cc1. The van der Waals surface area contributed by atoms with E-state index in [1.54, 1.807) is 18.2 Å². The Kier molecular flexibility index (Phi) is 3.22. The number of fused-ring (bicyclic) bond motifs is 1. The highest BCUT2D eigenvalue weighted by Crippen LogP contribution is 2.23. The second-order valence-electron chi connectivity index (χ2n) is 5.02. The lowest BCUT2D eigenvalue weighted by molar-refractivity contribution is 0.0697. The third-order valence-electron chi connectivity index (χ3n) is 3.67. The summed E-state index contributed by atoms with van der Waals surface area (Å²) in [5.41, 5.74) is 4.16. The summed E-state index contributed by atoms with van der Waals surface area (Å²) in [6.07, 6.45) is 0.993. The molecule has 0 atom stereocenters. The lowest BCUT2D eigenvalue weighted by atomic mass is 10.1. The molecule has 0 aliphatic heterocycles. The summed E-state index contributed by atoms with van der Waals surface area (Å²) in [6, 6.07) is 13.3. The zero-order valence-corrected chi connectivity index (χ0v) is 12.0. The molecule has 0 amide bonds. The minimum atomic E-state index is -0.927. The molecule has 21 heavy (non-hydrogen) atoms. The Morgan fingerprint density at radius 1 is 1.19 bits per heavy atom. The van der Waals surface area contributed by atoms with Crippen LogP contribution in [0.4, 0.5) is 0 Å². The normalized spacial score (nSPS) is 11.0. The number of benzene rings is 2. The molecule has 2 aromatic carbocycles. The number of hydrogen-bond acceptors (Lipinski definition) is 2. The van der Waals surface area contributed by atoms with E-state index in [0.29, 0.717) is 0 Å². The largest absolute Gasteiger partial charge is 0.478 e. The molecular formula is C17H16N2O2. The fourth-order valence-corrected chi connectivity index (χ4v) is 2.54. The topological polar surface area (TPSA) is 55.1 Å². The Morgan fingerprint density at radius 2 is 1.90 bits per heavy atom. The van der Waals surface area contributed by atoms with Gasteiger partial charge in [0.15, 0.2) is 0 Å². The molecule has 0 bridgehead atoms. The van der Waals surface area contributed by atoms with Crippen LogP contribution in [0.5, 0.6) is 0 Å². The van der Waals surface area contributed by atoms with E-state index in [1.165, 1.54) is 5.56 Å². The highest BCUT2D eigenvalue weighted by molar-refractivity contribution is 5.93. The van der Waals surface area contributed by atoms with Crippen molar-refractivity contribution in [2.75, 3.05) is 0 Å². The first-order valence-electron chi connectivity index (χ1n) is 6.92. The van der Waals surface area contributed by atoms with Gasteiger partial charge in [-0.1, -0.05) is 19.1 Å². The molecule has 1 N–H and O–H groups in total. The van der Waals surface area contributed by atoms with Gasteiger partial charge in [0.1, 0.15) is 5.82 Å². The molecule has 106 valence electrons. The van der Waals surface area contributed by atoms with Gasteiger partial charge >= 0.3 is 5.97 Å². The molecule has 0 aliphatic rings. The van der Waals surface area contributed by atoms with E-state index < -0.39 is 5.97 Å². The summed E-state index contributed by atoms with van der Waals surface area (Å²) in [6.45, 7) is 4.04. The van der Waals surface area contributed by atoms with E-state index in [1.807, 2.05) is 23.6 Å². The van der Waals surface area contributed by atoms with Crippen LogP contribution in [0.25, 0.3) is 16.7 Å². The number of aryl methyl sites for hydroxylation is 2. The third kappa shape index (κ3) is 2.29. The first-order valence-corrected chi connectivity index (χ1v) is 6.92. The number of carboxylic acids is 1. The molecule has 4 nitrogen and oxygen atoms in total. The lowest BCUT2D eigenvalue weighted by Crippen LogP contribution is -1.99. The molecule has 3 rings (SSSR count). The zero-order chi connectivity index (χ0) is 15.0. The van der Waals surface area contributed by atoms with E-state index >= 15 is 0 Å². The molecule has 0 saturated carbocycles. The number of aromatic nitrogens is 2. The Bertz CT molecular complexity index is 817. The smallest absolute Gasteiger partial charge is 0.335 e. The summed E-state index contributed by atoms with van der Waals surface area (Å²) in [7, 11) is 0. The lowest BCUT2D eigenvalue weighted by Gasteiger charge is -2.08. The van der Waals surface area contributed by atoms with Crippen LogP contribution in [0.3, 0.4) is 0 Å². The maximum atomic E-state index is 11.2. The Hall–Kier alpha value is -2.62. The Labute approximate surface area is 122 Å². The molecular weight excluding hydrogens is 264 g/mol. The Balaban J connectivity index is 2.22. The van der Waals surface area contributed by atoms with Crippen LogP contribution in [0.1, 0.15) is 28.7 Å². The molecule has 0 spiro atoms. The van der Waals surface area contributed by atoms with E-state index in [4.69, 9.17) is 5.11 Å². The van der Waals surface area contributed by atoms with Gasteiger partial charge in [-0.15, -0.1) is 0 Å². The number of nitrogens with zero attached hydrogens (tertiary/aromatic N) is 2. The van der Waals surface area contributed by atoms with Crippen molar-refractivity contribution in [3.63, 3.8) is 0 Å². The number of imidazole rings is 1. The second-order valence-corrected chi connectivity index (χ2v) is 5.02. The molecule has 0 fully saturated rings. The van der Waals surface area contributed by atoms with E-state index in [-0.39, 0.29) is 5.56 Å². The molecule has 1 heterocycles. The number of carbonyl (C=O) groups is 1. The summed E-state index contributed by atoms with van der Waals surface area (Å²) in [5.74, 6) is -0.0829. The van der Waals surface area contributed by atoms with Crippen molar-refractivity contribution in [1.29, 1.82) is 0 Å². The minimum Gasteiger partial charge on any atom is -0.478 e. The van der Waals surface area contributed by atoms with Crippen molar-refractivity contribution >= 4 is 17.0 Å². The summed E-state index contributed by atoms with van der Waals surface area (Å²) >= 11 is 0. The molecule has 0 saturated heterocycles. The fraction of sp³-hybridized carbons (Fsp3) is 0.176. The quantitative estimate of drug-likeness (QED) is 0.797. The molecule has 4 heteroatoms. The van der Waals surface area contributed by atoms with E-state index in [2.05, 4.69) is 24.0 Å². The van der Waals surface area contributed by atoms with Crippen LogP contribution >= 0.6 is 0 Å². The van der Waals surface area contributed by atoms with Crippen LogP contribution in [0, 0.1) is 6.92 Å². The second kappa shape index (κ2) is 5.05. The van der Waals surface area contributed by atoms with Crippen molar-refractivity contribution in [1.82, 2.24) is 9.55 Å². The minimum absolute atomic E-state index is 0.272. The molecule has 0 radical (unpaired) electrons. The van der Waals surface area contributed by atoms with Gasteiger partial charge < -0.3 is 5.11 Å². The highest BCUT2D eigenvalue weighted by Gasteiger charge is 2.12. The molecule has 3 aromatic rings. The van der Waals surface area contributed by atoms with Crippen molar-refractivity contribution in [3.8, 4) is 5.69 Å². The van der Waals surface area contributed by atoms with Gasteiger partial charge in [-0.3, -0.25) is 4.57 Å².